The lowest BCUT2D eigenvalue weighted by molar-refractivity contribution is -0.114. The molecule has 0 aromatic heterocycles. The van der Waals surface area contributed by atoms with Crippen molar-refractivity contribution in [2.45, 2.75) is 30.8 Å². The predicted molar refractivity (Wildman–Crippen MR) is 167 cm³/mol. The van der Waals surface area contributed by atoms with E-state index in [1.54, 1.807) is 35.2 Å². The highest BCUT2D eigenvalue weighted by atomic mass is 32.2. The highest BCUT2D eigenvalue weighted by Crippen LogP contribution is 2.42. The van der Waals surface area contributed by atoms with Crippen molar-refractivity contribution in [3.63, 3.8) is 0 Å². The summed E-state index contributed by atoms with van der Waals surface area (Å²) in [5.74, 6) is -0.620. The Morgan fingerprint density at radius 2 is 1.64 bits per heavy atom. The second-order valence-corrected chi connectivity index (χ2v) is 11.7. The first-order chi connectivity index (χ1) is 20.5. The lowest BCUT2D eigenvalue weighted by Gasteiger charge is -2.30. The van der Waals surface area contributed by atoms with E-state index in [1.165, 1.54) is 29.0 Å². The van der Waals surface area contributed by atoms with Crippen molar-refractivity contribution in [2.75, 3.05) is 24.5 Å². The van der Waals surface area contributed by atoms with E-state index in [-0.39, 0.29) is 24.2 Å². The monoisotopic (exact) mass is 577 g/mol. The van der Waals surface area contributed by atoms with Crippen LogP contribution in [0.15, 0.2) is 107 Å². The minimum absolute atomic E-state index is 0.105. The van der Waals surface area contributed by atoms with E-state index >= 15 is 0 Å². The first kappa shape index (κ1) is 27.9. The second-order valence-electron chi connectivity index (χ2n) is 10.6. The van der Waals surface area contributed by atoms with Gasteiger partial charge in [0.1, 0.15) is 5.82 Å². The van der Waals surface area contributed by atoms with E-state index in [0.29, 0.717) is 22.6 Å². The fourth-order valence-corrected chi connectivity index (χ4v) is 6.51. The van der Waals surface area contributed by atoms with Crippen LogP contribution in [0.25, 0.3) is 6.08 Å². The molecule has 2 amide bonds. The molecular formula is C35H32FN3O2S. The molecule has 7 heteroatoms. The molecule has 6 rings (SSSR count). The predicted octanol–water partition coefficient (Wildman–Crippen LogP) is 6.68. The van der Waals surface area contributed by atoms with Crippen LogP contribution in [-0.2, 0) is 24.3 Å². The van der Waals surface area contributed by atoms with Gasteiger partial charge in [-0.3, -0.25) is 14.5 Å². The molecule has 0 saturated carbocycles. The third-order valence-electron chi connectivity index (χ3n) is 7.74. The molecule has 0 unspecified atom stereocenters. The molecule has 0 atom stereocenters. The van der Waals surface area contributed by atoms with E-state index in [2.05, 4.69) is 34.5 Å². The number of hydrogen-bond acceptors (Lipinski definition) is 4. The Morgan fingerprint density at radius 1 is 0.905 bits per heavy atom. The fourth-order valence-electron chi connectivity index (χ4n) is 5.45. The third kappa shape index (κ3) is 6.32. The van der Waals surface area contributed by atoms with Crippen molar-refractivity contribution in [3.05, 3.63) is 136 Å². The van der Waals surface area contributed by atoms with E-state index < -0.39 is 0 Å². The van der Waals surface area contributed by atoms with Gasteiger partial charge in [0.15, 0.2) is 0 Å². The summed E-state index contributed by atoms with van der Waals surface area (Å²) in [6.45, 7) is 3.73. The number of hydrogen-bond donors (Lipinski definition) is 1. The molecule has 0 bridgehead atoms. The van der Waals surface area contributed by atoms with Gasteiger partial charge in [-0.15, -0.1) is 0 Å². The molecule has 2 heterocycles. The SMILES string of the molecule is O=C(NCCCN1CCc2ccccc2C1)c1ccc(C=C2Sc3ccccc3N(Cc3ccccc3F)C2=O)cc1. The standard InChI is InChI=1S/C35H32FN3O2S/c36-30-11-4-3-10-29(30)24-39-31-12-5-6-13-32(31)42-33(35(39)41)22-25-14-16-27(17-15-25)34(40)37-19-7-20-38-21-18-26-8-1-2-9-28(26)23-38/h1-6,8-17,22H,7,18-21,23-24H2,(H,37,40). The zero-order valence-electron chi connectivity index (χ0n) is 23.3. The highest BCUT2D eigenvalue weighted by molar-refractivity contribution is 8.04. The van der Waals surface area contributed by atoms with Crippen LogP contribution >= 0.6 is 11.8 Å². The molecule has 2 aliphatic rings. The van der Waals surface area contributed by atoms with Gasteiger partial charge in [-0.25, -0.2) is 4.39 Å². The number of benzene rings is 4. The topological polar surface area (TPSA) is 52.7 Å². The minimum atomic E-state index is -0.335. The van der Waals surface area contributed by atoms with Crippen LogP contribution in [0.3, 0.4) is 0 Å². The Labute approximate surface area is 250 Å². The zero-order chi connectivity index (χ0) is 28.9. The Kier molecular flexibility index (Phi) is 8.49. The first-order valence-electron chi connectivity index (χ1n) is 14.3. The Bertz CT molecular complexity index is 1640. The number of carbonyl (C=O) groups excluding carboxylic acids is 2. The summed E-state index contributed by atoms with van der Waals surface area (Å²) < 4.78 is 14.4. The van der Waals surface area contributed by atoms with Crippen molar-refractivity contribution in [3.8, 4) is 0 Å². The van der Waals surface area contributed by atoms with Gasteiger partial charge >= 0.3 is 0 Å². The van der Waals surface area contributed by atoms with Gasteiger partial charge < -0.3 is 10.2 Å². The van der Waals surface area contributed by atoms with E-state index in [1.807, 2.05) is 42.5 Å². The number of amides is 2. The van der Waals surface area contributed by atoms with E-state index in [0.717, 1.165) is 48.6 Å². The number of thioether (sulfide) groups is 1. The van der Waals surface area contributed by atoms with Crippen molar-refractivity contribution in [1.82, 2.24) is 10.2 Å². The number of carbonyl (C=O) groups is 2. The van der Waals surface area contributed by atoms with Gasteiger partial charge in [0.25, 0.3) is 11.8 Å². The molecule has 0 spiro atoms. The summed E-state index contributed by atoms with van der Waals surface area (Å²) in [6.07, 6.45) is 3.79. The lowest BCUT2D eigenvalue weighted by atomic mass is 10.00. The Morgan fingerprint density at radius 3 is 2.48 bits per heavy atom. The maximum absolute atomic E-state index is 14.4. The quantitative estimate of drug-likeness (QED) is 0.187. The molecule has 212 valence electrons. The maximum atomic E-state index is 14.4. The minimum Gasteiger partial charge on any atom is -0.352 e. The van der Waals surface area contributed by atoms with Crippen LogP contribution in [0.1, 0.15) is 39.0 Å². The van der Waals surface area contributed by atoms with Crippen molar-refractivity contribution >= 4 is 35.3 Å². The molecule has 2 aliphatic heterocycles. The summed E-state index contributed by atoms with van der Waals surface area (Å²) >= 11 is 1.40. The lowest BCUT2D eigenvalue weighted by Crippen LogP contribution is -2.34. The number of rotatable bonds is 8. The number of halogens is 1. The third-order valence-corrected chi connectivity index (χ3v) is 8.81. The Hall–Kier alpha value is -4.20. The summed E-state index contributed by atoms with van der Waals surface area (Å²) in [4.78, 5) is 31.9. The van der Waals surface area contributed by atoms with Crippen molar-refractivity contribution in [1.29, 1.82) is 0 Å². The zero-order valence-corrected chi connectivity index (χ0v) is 24.1. The summed E-state index contributed by atoms with van der Waals surface area (Å²) in [6, 6.07) is 30.1. The second kappa shape index (κ2) is 12.8. The largest absolute Gasteiger partial charge is 0.352 e. The maximum Gasteiger partial charge on any atom is 0.265 e. The number of fused-ring (bicyclic) bond motifs is 2. The average molecular weight is 578 g/mol. The van der Waals surface area contributed by atoms with Crippen molar-refractivity contribution < 1.29 is 14.0 Å². The van der Waals surface area contributed by atoms with Crippen molar-refractivity contribution in [2.24, 2.45) is 0 Å². The Balaban J connectivity index is 1.07. The molecule has 0 aliphatic carbocycles. The first-order valence-corrected chi connectivity index (χ1v) is 15.1. The fraction of sp³-hybridized carbons (Fsp3) is 0.200. The van der Waals surface area contributed by atoms with Gasteiger partial charge in [-0.2, -0.15) is 0 Å². The van der Waals surface area contributed by atoms with Crippen LogP contribution in [0.4, 0.5) is 10.1 Å². The summed E-state index contributed by atoms with van der Waals surface area (Å²) in [5.41, 5.74) is 5.47. The molecule has 4 aromatic carbocycles. The molecule has 42 heavy (non-hydrogen) atoms. The van der Waals surface area contributed by atoms with Crippen LogP contribution in [0.2, 0.25) is 0 Å². The molecule has 0 radical (unpaired) electrons. The summed E-state index contributed by atoms with van der Waals surface area (Å²) in [5, 5.41) is 3.03. The van der Waals surface area contributed by atoms with E-state index in [4.69, 9.17) is 0 Å². The molecule has 5 nitrogen and oxygen atoms in total. The van der Waals surface area contributed by atoms with E-state index in [9.17, 15) is 14.0 Å². The van der Waals surface area contributed by atoms with Gasteiger partial charge in [-0.1, -0.05) is 78.5 Å². The number of anilines is 1. The molecular weight excluding hydrogens is 545 g/mol. The molecule has 1 N–H and O–H groups in total. The normalized spacial score (nSPS) is 15.8. The van der Waals surface area contributed by atoms with Gasteiger partial charge in [-0.05, 0) is 65.9 Å². The van der Waals surface area contributed by atoms with Gasteiger partial charge in [0.2, 0.25) is 0 Å². The van der Waals surface area contributed by atoms with Crippen LogP contribution in [-0.4, -0.2) is 36.3 Å². The van der Waals surface area contributed by atoms with Crippen LogP contribution in [0.5, 0.6) is 0 Å². The molecule has 4 aromatic rings. The average Bonchev–Trinajstić information content (AvgIpc) is 3.02. The number of nitrogens with zero attached hydrogens (tertiary/aromatic N) is 2. The smallest absolute Gasteiger partial charge is 0.265 e. The highest BCUT2D eigenvalue weighted by Gasteiger charge is 2.29. The summed E-state index contributed by atoms with van der Waals surface area (Å²) in [7, 11) is 0. The number of nitrogens with one attached hydrogen (secondary N) is 1. The number of para-hydroxylation sites is 1. The van der Waals surface area contributed by atoms with Crippen LogP contribution < -0.4 is 10.2 Å². The molecule has 0 saturated heterocycles. The van der Waals surface area contributed by atoms with Crippen LogP contribution in [0, 0.1) is 5.82 Å². The molecule has 0 fully saturated rings. The van der Waals surface area contributed by atoms with Gasteiger partial charge in [0.05, 0.1) is 17.1 Å². The van der Waals surface area contributed by atoms with Gasteiger partial charge in [0, 0.05) is 42.2 Å².